The normalized spacial score (nSPS) is 29.7. The molecule has 0 bridgehead atoms. The van der Waals surface area contributed by atoms with Crippen LogP contribution in [0, 0.1) is 16.7 Å². The molecule has 0 radical (unpaired) electrons. The molecule has 27 heavy (non-hydrogen) atoms. The number of hydrogen-bond donors (Lipinski definition) is 0. The number of carbonyl (C=O) groups excluding carboxylic acids is 1. The first kappa shape index (κ1) is 18.4. The van der Waals surface area contributed by atoms with Crippen molar-refractivity contribution in [2.45, 2.75) is 63.3 Å². The Balaban J connectivity index is 1.36. The summed E-state index contributed by atoms with van der Waals surface area (Å²) in [5.74, 6) is 0.0167. The van der Waals surface area contributed by atoms with E-state index >= 15 is 0 Å². The quantitative estimate of drug-likeness (QED) is 0.816. The van der Waals surface area contributed by atoms with Crippen LogP contribution in [0.15, 0.2) is 24.4 Å². The minimum atomic E-state index is -0.800. The van der Waals surface area contributed by atoms with Gasteiger partial charge in [-0.05, 0) is 37.8 Å². The third kappa shape index (κ3) is 3.71. The van der Waals surface area contributed by atoms with Crippen molar-refractivity contribution in [1.82, 2.24) is 9.88 Å². The maximum absolute atomic E-state index is 13.1. The van der Waals surface area contributed by atoms with Crippen LogP contribution in [-0.4, -0.2) is 47.2 Å². The van der Waals surface area contributed by atoms with E-state index < -0.39 is 5.41 Å². The first-order valence-electron chi connectivity index (χ1n) is 10.0. The van der Waals surface area contributed by atoms with Gasteiger partial charge in [0.1, 0.15) is 5.41 Å². The van der Waals surface area contributed by atoms with Crippen molar-refractivity contribution in [2.24, 2.45) is 5.41 Å². The maximum atomic E-state index is 13.1. The highest BCUT2D eigenvalue weighted by Crippen LogP contribution is 2.42. The fourth-order valence-electron chi connectivity index (χ4n) is 4.81. The molecule has 1 amide bonds. The lowest BCUT2D eigenvalue weighted by Crippen LogP contribution is -2.53. The van der Waals surface area contributed by atoms with Crippen LogP contribution in [0.2, 0.25) is 0 Å². The molecule has 2 atom stereocenters. The lowest BCUT2D eigenvalue weighted by Gasteiger charge is -2.41. The SMILES string of the molecule is N#CC1(C(=O)N2CCC[C@@]3(C[C@H](OCc4ccccn4)CO3)C2)CCCC1. The fourth-order valence-corrected chi connectivity index (χ4v) is 4.81. The number of ether oxygens (including phenoxy) is 2. The number of likely N-dealkylation sites (tertiary alicyclic amines) is 1. The minimum absolute atomic E-state index is 0.0167. The predicted molar refractivity (Wildman–Crippen MR) is 98.4 cm³/mol. The number of nitriles is 1. The van der Waals surface area contributed by atoms with Crippen LogP contribution < -0.4 is 0 Å². The Morgan fingerprint density at radius 1 is 1.33 bits per heavy atom. The van der Waals surface area contributed by atoms with E-state index in [1.807, 2.05) is 23.1 Å². The second kappa shape index (κ2) is 7.57. The van der Waals surface area contributed by atoms with Crippen LogP contribution in [0.4, 0.5) is 0 Å². The summed E-state index contributed by atoms with van der Waals surface area (Å²) in [6.07, 6.45) is 7.78. The zero-order valence-electron chi connectivity index (χ0n) is 15.7. The predicted octanol–water partition coefficient (Wildman–Crippen LogP) is 2.83. The molecule has 144 valence electrons. The molecule has 1 aromatic heterocycles. The van der Waals surface area contributed by atoms with Gasteiger partial charge in [-0.3, -0.25) is 9.78 Å². The Morgan fingerprint density at radius 2 is 2.19 bits per heavy atom. The Kier molecular flexibility index (Phi) is 5.16. The molecule has 3 aliphatic rings. The molecule has 2 aliphatic heterocycles. The number of piperidine rings is 1. The molecule has 3 fully saturated rings. The summed E-state index contributed by atoms with van der Waals surface area (Å²) in [5, 5.41) is 9.64. The monoisotopic (exact) mass is 369 g/mol. The zero-order chi connectivity index (χ0) is 18.7. The summed E-state index contributed by atoms with van der Waals surface area (Å²) in [6, 6.07) is 8.14. The van der Waals surface area contributed by atoms with Gasteiger partial charge in [-0.15, -0.1) is 0 Å². The van der Waals surface area contributed by atoms with Crippen LogP contribution in [0.3, 0.4) is 0 Å². The van der Waals surface area contributed by atoms with Gasteiger partial charge >= 0.3 is 0 Å². The van der Waals surface area contributed by atoms with Crippen molar-refractivity contribution in [3.63, 3.8) is 0 Å². The van der Waals surface area contributed by atoms with Gasteiger partial charge in [0, 0.05) is 25.7 Å². The largest absolute Gasteiger partial charge is 0.370 e. The van der Waals surface area contributed by atoms with Gasteiger partial charge in [0.05, 0.1) is 36.7 Å². The summed E-state index contributed by atoms with van der Waals surface area (Å²) in [7, 11) is 0. The van der Waals surface area contributed by atoms with Crippen LogP contribution in [0.25, 0.3) is 0 Å². The molecule has 2 saturated heterocycles. The Hall–Kier alpha value is -1.97. The van der Waals surface area contributed by atoms with E-state index in [4.69, 9.17) is 9.47 Å². The Bertz CT molecular complexity index is 711. The van der Waals surface area contributed by atoms with Gasteiger partial charge in [-0.25, -0.2) is 0 Å². The highest BCUT2D eigenvalue weighted by atomic mass is 16.6. The third-order valence-corrected chi connectivity index (χ3v) is 6.28. The van der Waals surface area contributed by atoms with Crippen LogP contribution in [-0.2, 0) is 20.9 Å². The number of amides is 1. The van der Waals surface area contributed by atoms with Crippen LogP contribution >= 0.6 is 0 Å². The summed E-state index contributed by atoms with van der Waals surface area (Å²) < 4.78 is 12.2. The van der Waals surface area contributed by atoms with Crippen molar-refractivity contribution in [3.8, 4) is 6.07 Å². The summed E-state index contributed by atoms with van der Waals surface area (Å²) in [6.45, 7) is 2.34. The second-order valence-corrected chi connectivity index (χ2v) is 8.18. The molecule has 1 spiro atoms. The Labute approximate surface area is 160 Å². The van der Waals surface area contributed by atoms with E-state index in [0.717, 1.165) is 44.3 Å². The smallest absolute Gasteiger partial charge is 0.243 e. The number of carbonyl (C=O) groups is 1. The standard InChI is InChI=1S/C21H27N3O3/c22-15-20(7-2-3-8-20)19(25)24-11-5-9-21(16-24)12-18(14-27-21)26-13-17-6-1-4-10-23-17/h1,4,6,10,18H,2-3,5,7-9,11-14,16H2/t18-,21+/m0/s1. The minimum Gasteiger partial charge on any atom is -0.370 e. The van der Waals surface area contributed by atoms with Crippen LogP contribution in [0.1, 0.15) is 50.6 Å². The fraction of sp³-hybridized carbons (Fsp3) is 0.667. The molecule has 1 aliphatic carbocycles. The molecule has 1 saturated carbocycles. The van der Waals surface area contributed by atoms with Gasteiger partial charge in [0.15, 0.2) is 0 Å². The van der Waals surface area contributed by atoms with E-state index in [2.05, 4.69) is 11.1 Å². The number of rotatable bonds is 4. The van der Waals surface area contributed by atoms with Gasteiger partial charge in [0.25, 0.3) is 0 Å². The third-order valence-electron chi connectivity index (χ3n) is 6.28. The first-order chi connectivity index (χ1) is 13.1. The summed E-state index contributed by atoms with van der Waals surface area (Å²) >= 11 is 0. The lowest BCUT2D eigenvalue weighted by atomic mass is 9.83. The number of pyridine rings is 1. The first-order valence-corrected chi connectivity index (χ1v) is 10.0. The molecule has 1 aromatic rings. The van der Waals surface area contributed by atoms with Crippen molar-refractivity contribution < 1.29 is 14.3 Å². The van der Waals surface area contributed by atoms with E-state index in [1.165, 1.54) is 0 Å². The van der Waals surface area contributed by atoms with Gasteiger partial charge < -0.3 is 14.4 Å². The van der Waals surface area contributed by atoms with Crippen LogP contribution in [0.5, 0.6) is 0 Å². The molecule has 3 heterocycles. The van der Waals surface area contributed by atoms with Gasteiger partial charge in [-0.2, -0.15) is 5.26 Å². The average Bonchev–Trinajstić information content (AvgIpc) is 3.35. The Morgan fingerprint density at radius 3 is 2.93 bits per heavy atom. The highest BCUT2D eigenvalue weighted by molar-refractivity contribution is 5.86. The van der Waals surface area contributed by atoms with E-state index in [9.17, 15) is 10.1 Å². The highest BCUT2D eigenvalue weighted by Gasteiger charge is 2.49. The molecule has 6 heteroatoms. The molecule has 4 rings (SSSR count). The van der Waals surface area contributed by atoms with Crippen molar-refractivity contribution in [2.75, 3.05) is 19.7 Å². The molecule has 6 nitrogen and oxygen atoms in total. The number of hydrogen-bond acceptors (Lipinski definition) is 5. The molecule has 0 unspecified atom stereocenters. The van der Waals surface area contributed by atoms with Crippen molar-refractivity contribution in [1.29, 1.82) is 5.26 Å². The lowest BCUT2D eigenvalue weighted by molar-refractivity contribution is -0.146. The van der Waals surface area contributed by atoms with Crippen molar-refractivity contribution in [3.05, 3.63) is 30.1 Å². The molecule has 0 N–H and O–H groups in total. The molecule has 0 aromatic carbocycles. The van der Waals surface area contributed by atoms with E-state index in [1.54, 1.807) is 6.20 Å². The van der Waals surface area contributed by atoms with Gasteiger partial charge in [0.2, 0.25) is 5.91 Å². The summed E-state index contributed by atoms with van der Waals surface area (Å²) in [5.41, 5.74) is -0.208. The maximum Gasteiger partial charge on any atom is 0.243 e. The summed E-state index contributed by atoms with van der Waals surface area (Å²) in [4.78, 5) is 19.3. The van der Waals surface area contributed by atoms with Gasteiger partial charge in [-0.1, -0.05) is 18.9 Å². The molecular formula is C21H27N3O3. The second-order valence-electron chi connectivity index (χ2n) is 8.18. The number of aromatic nitrogens is 1. The van der Waals surface area contributed by atoms with E-state index in [-0.39, 0.29) is 17.6 Å². The molecular weight excluding hydrogens is 342 g/mol. The average molecular weight is 369 g/mol. The zero-order valence-corrected chi connectivity index (χ0v) is 15.7. The van der Waals surface area contributed by atoms with Crippen molar-refractivity contribution >= 4 is 5.91 Å². The van der Waals surface area contributed by atoms with E-state index in [0.29, 0.717) is 32.6 Å². The number of nitrogens with zero attached hydrogens (tertiary/aromatic N) is 3. The topological polar surface area (TPSA) is 75.5 Å².